The van der Waals surface area contributed by atoms with Crippen molar-refractivity contribution in [1.82, 2.24) is 14.5 Å². The van der Waals surface area contributed by atoms with Crippen LogP contribution < -0.4 is 0 Å². The van der Waals surface area contributed by atoms with Crippen LogP contribution in [0.5, 0.6) is 0 Å². The van der Waals surface area contributed by atoms with E-state index in [0.29, 0.717) is 13.0 Å². The van der Waals surface area contributed by atoms with Gasteiger partial charge >= 0.3 is 0 Å². The molecule has 23 heavy (non-hydrogen) atoms. The van der Waals surface area contributed by atoms with Crippen LogP contribution in [0.15, 0.2) is 42.9 Å². The fourth-order valence-corrected chi connectivity index (χ4v) is 3.62. The number of carbonyl (C=O) groups is 1. The van der Waals surface area contributed by atoms with E-state index in [0.717, 1.165) is 28.4 Å². The van der Waals surface area contributed by atoms with Gasteiger partial charge in [0.15, 0.2) is 5.78 Å². The van der Waals surface area contributed by atoms with Crippen molar-refractivity contribution < 1.29 is 4.79 Å². The van der Waals surface area contributed by atoms with Gasteiger partial charge in [0.2, 0.25) is 0 Å². The minimum atomic E-state index is 0.112. The lowest BCUT2D eigenvalue weighted by Gasteiger charge is -2.08. The number of Topliss-reactive ketones (excluding diaryl/α,β-unsaturated/α-hetero) is 1. The molecular weight excluding hydrogens is 306 g/mol. The first kappa shape index (κ1) is 15.6. The monoisotopic (exact) mass is 325 g/mol. The van der Waals surface area contributed by atoms with Crippen molar-refractivity contribution >= 4 is 17.1 Å². The van der Waals surface area contributed by atoms with Gasteiger partial charge < -0.3 is 4.57 Å². The van der Waals surface area contributed by atoms with Crippen molar-refractivity contribution in [2.75, 3.05) is 0 Å². The average Bonchev–Trinajstić information content (AvgIpc) is 3.14. The number of carbonyl (C=O) groups excluding carboxylic acids is 1. The Bertz CT molecular complexity index is 805. The lowest BCUT2D eigenvalue weighted by atomic mass is 10.2. The molecule has 0 unspecified atom stereocenters. The van der Waals surface area contributed by atoms with E-state index in [9.17, 15) is 4.79 Å². The molecule has 0 bridgehead atoms. The summed E-state index contributed by atoms with van der Waals surface area (Å²) in [6, 6.07) is 7.72. The van der Waals surface area contributed by atoms with Crippen LogP contribution >= 0.6 is 11.3 Å². The first-order valence-corrected chi connectivity index (χ1v) is 8.51. The van der Waals surface area contributed by atoms with Crippen molar-refractivity contribution in [2.24, 2.45) is 0 Å². The van der Waals surface area contributed by atoms with Crippen LogP contribution in [-0.2, 0) is 19.4 Å². The van der Waals surface area contributed by atoms with Gasteiger partial charge in [-0.15, -0.1) is 11.3 Å². The summed E-state index contributed by atoms with van der Waals surface area (Å²) in [6.07, 6.45) is 6.82. The number of aryl methyl sites for hydroxylation is 2. The number of pyridine rings is 1. The molecule has 0 atom stereocenters. The topological polar surface area (TPSA) is 47.8 Å². The zero-order chi connectivity index (χ0) is 16.2. The van der Waals surface area contributed by atoms with Crippen LogP contribution in [0.25, 0.3) is 0 Å². The highest BCUT2D eigenvalue weighted by Crippen LogP contribution is 2.20. The standard InChI is InChI=1S/C18H19N3OS/c1-3-17-13(2)20-18(23-17)11-16(22)15-5-4-10-21(15)12-14-6-8-19-9-7-14/h4-10H,3,11-12H2,1-2H3. The Morgan fingerprint density at radius 2 is 2.04 bits per heavy atom. The molecule has 4 nitrogen and oxygen atoms in total. The summed E-state index contributed by atoms with van der Waals surface area (Å²) in [5, 5.41) is 0.904. The predicted octanol–water partition coefficient (Wildman–Crippen LogP) is 3.68. The van der Waals surface area contributed by atoms with Crippen molar-refractivity contribution in [3.63, 3.8) is 0 Å². The Labute approximate surface area is 139 Å². The Hall–Kier alpha value is -2.27. The number of nitrogens with zero attached hydrogens (tertiary/aromatic N) is 3. The van der Waals surface area contributed by atoms with Crippen molar-refractivity contribution in [2.45, 2.75) is 33.2 Å². The van der Waals surface area contributed by atoms with Gasteiger partial charge in [-0.3, -0.25) is 9.78 Å². The van der Waals surface area contributed by atoms with Crippen molar-refractivity contribution in [3.05, 3.63) is 69.7 Å². The van der Waals surface area contributed by atoms with E-state index in [4.69, 9.17) is 0 Å². The van der Waals surface area contributed by atoms with Gasteiger partial charge in [0.05, 0.1) is 17.8 Å². The molecule has 3 aromatic rings. The second kappa shape index (κ2) is 6.87. The molecule has 0 aliphatic heterocycles. The lowest BCUT2D eigenvalue weighted by molar-refractivity contribution is 0.0984. The van der Waals surface area contributed by atoms with Gasteiger partial charge in [0, 0.05) is 30.0 Å². The fourth-order valence-electron chi connectivity index (χ4n) is 2.61. The maximum atomic E-state index is 12.6. The van der Waals surface area contributed by atoms with Gasteiger partial charge in [-0.25, -0.2) is 4.98 Å². The maximum absolute atomic E-state index is 12.6. The number of ketones is 1. The summed E-state index contributed by atoms with van der Waals surface area (Å²) in [5.74, 6) is 0.112. The van der Waals surface area contributed by atoms with Gasteiger partial charge in [-0.2, -0.15) is 0 Å². The molecular formula is C18H19N3OS. The third-order valence-corrected chi connectivity index (χ3v) is 5.09. The Morgan fingerprint density at radius 3 is 2.74 bits per heavy atom. The van der Waals surface area contributed by atoms with Crippen molar-refractivity contribution in [1.29, 1.82) is 0 Å². The third kappa shape index (κ3) is 3.56. The quantitative estimate of drug-likeness (QED) is 0.650. The first-order chi connectivity index (χ1) is 11.2. The van der Waals surface area contributed by atoms with Crippen LogP contribution in [-0.4, -0.2) is 20.3 Å². The predicted molar refractivity (Wildman–Crippen MR) is 92.0 cm³/mol. The highest BCUT2D eigenvalue weighted by molar-refractivity contribution is 7.11. The van der Waals surface area contributed by atoms with Crippen LogP contribution in [0.4, 0.5) is 0 Å². The number of hydrogen-bond donors (Lipinski definition) is 0. The minimum absolute atomic E-state index is 0.112. The summed E-state index contributed by atoms with van der Waals surface area (Å²) in [5.41, 5.74) is 2.91. The van der Waals surface area contributed by atoms with E-state index < -0.39 is 0 Å². The third-order valence-electron chi connectivity index (χ3n) is 3.79. The molecule has 3 rings (SSSR count). The summed E-state index contributed by atoms with van der Waals surface area (Å²) in [6.45, 7) is 4.80. The molecule has 0 aromatic carbocycles. The van der Waals surface area contributed by atoms with Gasteiger partial charge in [-0.05, 0) is 43.2 Å². The van der Waals surface area contributed by atoms with Crippen molar-refractivity contribution in [3.8, 4) is 0 Å². The van der Waals surface area contributed by atoms with Crippen LogP contribution in [0.1, 0.15) is 38.6 Å². The zero-order valence-electron chi connectivity index (χ0n) is 13.3. The number of aromatic nitrogens is 3. The highest BCUT2D eigenvalue weighted by Gasteiger charge is 2.15. The fraction of sp³-hybridized carbons (Fsp3) is 0.278. The average molecular weight is 325 g/mol. The molecule has 0 N–H and O–H groups in total. The molecule has 5 heteroatoms. The molecule has 0 aliphatic carbocycles. The molecule has 3 heterocycles. The van der Waals surface area contributed by atoms with Gasteiger partial charge in [-0.1, -0.05) is 6.92 Å². The Morgan fingerprint density at radius 1 is 1.26 bits per heavy atom. The zero-order valence-corrected chi connectivity index (χ0v) is 14.1. The summed E-state index contributed by atoms with van der Waals surface area (Å²) < 4.78 is 1.98. The van der Waals surface area contributed by atoms with E-state index in [-0.39, 0.29) is 5.78 Å². The highest BCUT2D eigenvalue weighted by atomic mass is 32.1. The summed E-state index contributed by atoms with van der Waals surface area (Å²) >= 11 is 1.65. The Kier molecular flexibility index (Phi) is 4.67. The molecule has 118 valence electrons. The van der Waals surface area contributed by atoms with E-state index in [1.807, 2.05) is 42.0 Å². The van der Waals surface area contributed by atoms with Gasteiger partial charge in [0.25, 0.3) is 0 Å². The van der Waals surface area contributed by atoms with Crippen LogP contribution in [0.2, 0.25) is 0 Å². The molecule has 0 amide bonds. The SMILES string of the molecule is CCc1sc(CC(=O)c2cccn2Cc2ccncc2)nc1C. The second-order valence-electron chi connectivity index (χ2n) is 5.45. The summed E-state index contributed by atoms with van der Waals surface area (Å²) in [4.78, 5) is 22.4. The van der Waals surface area contributed by atoms with Crippen LogP contribution in [0, 0.1) is 6.92 Å². The molecule has 0 radical (unpaired) electrons. The molecule has 0 fully saturated rings. The minimum Gasteiger partial charge on any atom is -0.341 e. The summed E-state index contributed by atoms with van der Waals surface area (Å²) in [7, 11) is 0. The molecule has 0 saturated carbocycles. The molecule has 3 aromatic heterocycles. The smallest absolute Gasteiger partial charge is 0.186 e. The second-order valence-corrected chi connectivity index (χ2v) is 6.61. The Balaban J connectivity index is 1.76. The van der Waals surface area contributed by atoms with E-state index >= 15 is 0 Å². The first-order valence-electron chi connectivity index (χ1n) is 7.69. The molecule has 0 saturated heterocycles. The van der Waals surface area contributed by atoms with E-state index in [1.54, 1.807) is 23.7 Å². The normalized spacial score (nSPS) is 10.9. The van der Waals surface area contributed by atoms with Crippen LogP contribution in [0.3, 0.4) is 0 Å². The molecule has 0 spiro atoms. The molecule has 0 aliphatic rings. The largest absolute Gasteiger partial charge is 0.341 e. The van der Waals surface area contributed by atoms with Gasteiger partial charge in [0.1, 0.15) is 5.01 Å². The number of thiazole rings is 1. The number of hydrogen-bond acceptors (Lipinski definition) is 4. The van der Waals surface area contributed by atoms with E-state index in [1.165, 1.54) is 4.88 Å². The van der Waals surface area contributed by atoms with E-state index in [2.05, 4.69) is 16.9 Å². The lowest BCUT2D eigenvalue weighted by Crippen LogP contribution is -2.11. The maximum Gasteiger partial charge on any atom is 0.186 e. The number of rotatable bonds is 6.